The molecule has 4 unspecified atom stereocenters. The topological polar surface area (TPSA) is 79.5 Å². The molecular formula is C19H22F3N3O3. The number of amides is 2. The Bertz CT molecular complexity index is 755. The van der Waals surface area contributed by atoms with Crippen LogP contribution < -0.4 is 16.0 Å². The van der Waals surface area contributed by atoms with Crippen LogP contribution in [0.25, 0.3) is 0 Å². The number of hydrogen-bond donors (Lipinski definition) is 3. The lowest BCUT2D eigenvalue weighted by Gasteiger charge is -2.33. The summed E-state index contributed by atoms with van der Waals surface area (Å²) in [6.45, 7) is 1.90. The highest BCUT2D eigenvalue weighted by Gasteiger charge is 2.41. The number of nitrogens with one attached hydrogen (secondary N) is 3. The lowest BCUT2D eigenvalue weighted by molar-refractivity contribution is -0.127. The van der Waals surface area contributed by atoms with Crippen molar-refractivity contribution in [1.29, 1.82) is 0 Å². The van der Waals surface area contributed by atoms with Crippen molar-refractivity contribution in [3.63, 3.8) is 0 Å². The minimum absolute atomic E-state index is 0.0329. The summed E-state index contributed by atoms with van der Waals surface area (Å²) < 4.78 is 45.5. The Labute approximate surface area is 160 Å². The molecule has 0 saturated heterocycles. The van der Waals surface area contributed by atoms with Gasteiger partial charge in [0.15, 0.2) is 0 Å². The molecule has 2 heterocycles. The van der Waals surface area contributed by atoms with Gasteiger partial charge >= 0.3 is 6.18 Å². The van der Waals surface area contributed by atoms with E-state index in [2.05, 4.69) is 16.0 Å². The summed E-state index contributed by atoms with van der Waals surface area (Å²) in [5.41, 5.74) is -0.786. The van der Waals surface area contributed by atoms with Crippen molar-refractivity contribution in [2.75, 3.05) is 0 Å². The van der Waals surface area contributed by atoms with Crippen molar-refractivity contribution >= 4 is 11.8 Å². The van der Waals surface area contributed by atoms with E-state index in [1.165, 1.54) is 12.3 Å². The molecule has 2 aliphatic heterocycles. The minimum atomic E-state index is -4.52. The molecule has 0 saturated carbocycles. The van der Waals surface area contributed by atoms with Gasteiger partial charge in [-0.1, -0.05) is 12.2 Å². The fourth-order valence-electron chi connectivity index (χ4n) is 3.27. The van der Waals surface area contributed by atoms with Crippen molar-refractivity contribution in [2.45, 2.75) is 50.6 Å². The number of carbonyl (C=O) groups is 2. The van der Waals surface area contributed by atoms with E-state index in [0.717, 1.165) is 6.08 Å². The monoisotopic (exact) mass is 397 g/mol. The van der Waals surface area contributed by atoms with Gasteiger partial charge in [-0.3, -0.25) is 9.59 Å². The molecule has 3 N–H and O–H groups in total. The van der Waals surface area contributed by atoms with Crippen LogP contribution in [-0.2, 0) is 14.3 Å². The molecule has 0 radical (unpaired) electrons. The van der Waals surface area contributed by atoms with Crippen molar-refractivity contribution in [3.05, 3.63) is 48.0 Å². The molecule has 0 aromatic carbocycles. The average molecular weight is 397 g/mol. The summed E-state index contributed by atoms with van der Waals surface area (Å²) >= 11 is 0. The molecule has 6 nitrogen and oxygen atoms in total. The number of rotatable bonds is 4. The average Bonchev–Trinajstić information content (AvgIpc) is 2.63. The van der Waals surface area contributed by atoms with E-state index < -0.39 is 36.0 Å². The molecule has 0 aromatic heterocycles. The molecule has 9 heteroatoms. The predicted octanol–water partition coefficient (Wildman–Crippen LogP) is 2.18. The molecular weight excluding hydrogens is 375 g/mol. The summed E-state index contributed by atoms with van der Waals surface area (Å²) in [4.78, 5) is 24.2. The second-order valence-electron chi connectivity index (χ2n) is 7.01. The van der Waals surface area contributed by atoms with Crippen LogP contribution in [-0.4, -0.2) is 36.2 Å². The summed E-state index contributed by atoms with van der Waals surface area (Å²) in [6.07, 6.45) is 4.15. The lowest BCUT2D eigenvalue weighted by Crippen LogP contribution is -2.45. The number of carbonyl (C=O) groups excluding carboxylic acids is 2. The highest BCUT2D eigenvalue weighted by molar-refractivity contribution is 5.84. The highest BCUT2D eigenvalue weighted by atomic mass is 19.4. The number of alkyl halides is 3. The lowest BCUT2D eigenvalue weighted by atomic mass is 9.90. The normalized spacial score (nSPS) is 29.9. The van der Waals surface area contributed by atoms with Gasteiger partial charge in [0.25, 0.3) is 0 Å². The Balaban J connectivity index is 1.77. The zero-order chi connectivity index (χ0) is 20.3. The van der Waals surface area contributed by atoms with E-state index >= 15 is 0 Å². The second kappa shape index (κ2) is 8.12. The summed E-state index contributed by atoms with van der Waals surface area (Å²) in [7, 11) is 0. The molecule has 0 fully saturated rings. The molecule has 4 atom stereocenters. The third-order valence-electron chi connectivity index (χ3n) is 4.89. The van der Waals surface area contributed by atoms with Crippen LogP contribution in [0.4, 0.5) is 13.2 Å². The Morgan fingerprint density at radius 1 is 1.25 bits per heavy atom. The van der Waals surface area contributed by atoms with Crippen LogP contribution in [0.2, 0.25) is 0 Å². The Hall–Kier alpha value is -2.71. The zero-order valence-electron chi connectivity index (χ0n) is 15.3. The molecule has 0 aromatic rings. The maximum Gasteiger partial charge on any atom is 0.412 e. The first kappa shape index (κ1) is 20.0. The standard InChI is InChI=1S/C19H22F3N3O3/c1-11-15(3-2-7-23-11)28-16-5-4-12(19(20,21)22)9-14(16)18(27)25-13-6-8-24-17(26)10-13/h2,4-8,11,13-15,23H,3,9-10H2,1H3,(H,24,26)(H,25,27). The minimum Gasteiger partial charge on any atom is -0.491 e. The Morgan fingerprint density at radius 2 is 2.04 bits per heavy atom. The Kier molecular flexibility index (Phi) is 5.81. The number of ether oxygens (including phenoxy) is 1. The molecule has 2 amide bonds. The number of hydrogen-bond acceptors (Lipinski definition) is 4. The van der Waals surface area contributed by atoms with Gasteiger partial charge in [-0.15, -0.1) is 0 Å². The molecule has 0 spiro atoms. The summed E-state index contributed by atoms with van der Waals surface area (Å²) in [6, 6.07) is -0.617. The predicted molar refractivity (Wildman–Crippen MR) is 95.4 cm³/mol. The zero-order valence-corrected chi connectivity index (χ0v) is 15.3. The van der Waals surface area contributed by atoms with Crippen LogP contribution in [0.15, 0.2) is 48.0 Å². The molecule has 3 rings (SSSR count). The van der Waals surface area contributed by atoms with Gasteiger partial charge in [-0.2, -0.15) is 13.2 Å². The fourth-order valence-corrected chi connectivity index (χ4v) is 3.27. The van der Waals surface area contributed by atoms with E-state index in [1.807, 2.05) is 13.0 Å². The maximum atomic E-state index is 13.2. The molecule has 152 valence electrons. The largest absolute Gasteiger partial charge is 0.491 e. The van der Waals surface area contributed by atoms with Crippen molar-refractivity contribution in [2.24, 2.45) is 5.92 Å². The van der Waals surface area contributed by atoms with E-state index in [-0.39, 0.29) is 30.2 Å². The SMILES string of the molecule is CC1NC=CCC1OC1=CC=C(C(F)(F)F)CC1C(=O)NC1C=CNC(=O)C1. The van der Waals surface area contributed by atoms with Gasteiger partial charge in [0.05, 0.1) is 24.4 Å². The molecule has 0 bridgehead atoms. The Morgan fingerprint density at radius 3 is 2.71 bits per heavy atom. The molecule has 3 aliphatic rings. The third-order valence-corrected chi connectivity index (χ3v) is 4.89. The van der Waals surface area contributed by atoms with Crippen molar-refractivity contribution in [1.82, 2.24) is 16.0 Å². The van der Waals surface area contributed by atoms with Crippen molar-refractivity contribution < 1.29 is 27.5 Å². The molecule has 28 heavy (non-hydrogen) atoms. The van der Waals surface area contributed by atoms with Crippen LogP contribution in [0.5, 0.6) is 0 Å². The van der Waals surface area contributed by atoms with Crippen LogP contribution in [0.1, 0.15) is 26.2 Å². The van der Waals surface area contributed by atoms with Gasteiger partial charge in [0.1, 0.15) is 11.9 Å². The van der Waals surface area contributed by atoms with E-state index in [9.17, 15) is 22.8 Å². The van der Waals surface area contributed by atoms with Crippen molar-refractivity contribution in [3.8, 4) is 0 Å². The van der Waals surface area contributed by atoms with E-state index in [0.29, 0.717) is 6.42 Å². The maximum absolute atomic E-state index is 13.2. The quantitative estimate of drug-likeness (QED) is 0.680. The van der Waals surface area contributed by atoms with Gasteiger partial charge in [0.2, 0.25) is 11.8 Å². The van der Waals surface area contributed by atoms with Crippen LogP contribution >= 0.6 is 0 Å². The number of allylic oxidation sites excluding steroid dienone is 3. The first-order chi connectivity index (χ1) is 13.2. The van der Waals surface area contributed by atoms with E-state index in [1.54, 1.807) is 12.3 Å². The van der Waals surface area contributed by atoms with E-state index in [4.69, 9.17) is 4.74 Å². The van der Waals surface area contributed by atoms with Gasteiger partial charge in [0, 0.05) is 18.2 Å². The second-order valence-corrected chi connectivity index (χ2v) is 7.01. The molecule has 1 aliphatic carbocycles. The third kappa shape index (κ3) is 4.76. The van der Waals surface area contributed by atoms with Crippen LogP contribution in [0, 0.1) is 5.92 Å². The number of halogens is 3. The summed E-state index contributed by atoms with van der Waals surface area (Å²) in [5, 5.41) is 8.21. The fraction of sp³-hybridized carbons (Fsp3) is 0.474. The van der Waals surface area contributed by atoms with Gasteiger partial charge in [-0.05, 0) is 31.7 Å². The summed E-state index contributed by atoms with van der Waals surface area (Å²) in [5.74, 6) is -1.78. The van der Waals surface area contributed by atoms with Gasteiger partial charge < -0.3 is 20.7 Å². The smallest absolute Gasteiger partial charge is 0.412 e. The van der Waals surface area contributed by atoms with Crippen LogP contribution in [0.3, 0.4) is 0 Å². The van der Waals surface area contributed by atoms with Gasteiger partial charge in [-0.25, -0.2) is 0 Å². The highest BCUT2D eigenvalue weighted by Crippen LogP contribution is 2.37. The first-order valence-electron chi connectivity index (χ1n) is 9.06. The first-order valence-corrected chi connectivity index (χ1v) is 9.06.